The van der Waals surface area contributed by atoms with Gasteiger partial charge in [0.2, 0.25) is 0 Å². The summed E-state index contributed by atoms with van der Waals surface area (Å²) in [4.78, 5) is 12.4. The van der Waals surface area contributed by atoms with Gasteiger partial charge in [0.15, 0.2) is 0 Å². The van der Waals surface area contributed by atoms with E-state index in [9.17, 15) is 9.90 Å². The average Bonchev–Trinajstić information content (AvgIpc) is 2.26. The van der Waals surface area contributed by atoms with Gasteiger partial charge in [-0.2, -0.15) is 0 Å². The molecule has 3 fully saturated rings. The molecule has 1 N–H and O–H groups in total. The smallest absolute Gasteiger partial charge is 0.312 e. The number of aliphatic hydroxyl groups is 1. The van der Waals surface area contributed by atoms with Gasteiger partial charge >= 0.3 is 5.97 Å². The van der Waals surface area contributed by atoms with Crippen molar-refractivity contribution in [3.05, 3.63) is 0 Å². The molecule has 3 saturated carbocycles. The highest BCUT2D eigenvalue weighted by molar-refractivity contribution is 5.75. The summed E-state index contributed by atoms with van der Waals surface area (Å²) in [6.07, 6.45) is 2.72. The first kappa shape index (κ1) is 14.8. The van der Waals surface area contributed by atoms with Crippen LogP contribution in [-0.2, 0) is 14.3 Å². The summed E-state index contributed by atoms with van der Waals surface area (Å²) in [6.45, 7) is 8.15. The van der Waals surface area contributed by atoms with Crippen molar-refractivity contribution in [3.8, 4) is 0 Å². The van der Waals surface area contributed by atoms with Crippen LogP contribution in [0, 0.1) is 11.8 Å². The lowest BCUT2D eigenvalue weighted by Crippen LogP contribution is -2.58. The van der Waals surface area contributed by atoms with Crippen LogP contribution in [0.2, 0.25) is 0 Å². The number of carbonyl (C=O) groups excluding carboxylic acids is 1. The van der Waals surface area contributed by atoms with Crippen LogP contribution in [0.4, 0.5) is 0 Å². The Hall–Kier alpha value is -0.610. The summed E-state index contributed by atoms with van der Waals surface area (Å²) in [7, 11) is 0. The van der Waals surface area contributed by atoms with Crippen LogP contribution < -0.4 is 0 Å². The zero-order chi connectivity index (χ0) is 14.3. The third-order valence-corrected chi connectivity index (χ3v) is 4.33. The molecule has 0 amide bonds. The van der Waals surface area contributed by atoms with Crippen molar-refractivity contribution in [3.63, 3.8) is 0 Å². The predicted molar refractivity (Wildman–Crippen MR) is 71.7 cm³/mol. The molecule has 2 bridgehead atoms. The number of hydrogen-bond acceptors (Lipinski definition) is 4. The first-order valence-corrected chi connectivity index (χ1v) is 7.32. The highest BCUT2D eigenvalue weighted by Gasteiger charge is 2.56. The maximum Gasteiger partial charge on any atom is 0.312 e. The Labute approximate surface area is 115 Å². The fraction of sp³-hybridized carbons (Fsp3) is 0.933. The zero-order valence-electron chi connectivity index (χ0n) is 12.4. The summed E-state index contributed by atoms with van der Waals surface area (Å²) >= 11 is 0. The van der Waals surface area contributed by atoms with Gasteiger partial charge in [-0.3, -0.25) is 4.79 Å². The minimum atomic E-state index is -0.509. The minimum Gasteiger partial charge on any atom is -0.460 e. The monoisotopic (exact) mass is 270 g/mol. The van der Waals surface area contributed by atoms with E-state index in [0.29, 0.717) is 19.4 Å². The Morgan fingerprint density at radius 1 is 1.42 bits per heavy atom. The zero-order valence-corrected chi connectivity index (χ0v) is 12.4. The number of ether oxygens (including phenoxy) is 2. The largest absolute Gasteiger partial charge is 0.460 e. The molecule has 4 nitrogen and oxygen atoms in total. The number of esters is 1. The van der Waals surface area contributed by atoms with Crippen LogP contribution in [0.1, 0.15) is 53.4 Å². The molecule has 0 heterocycles. The molecule has 0 radical (unpaired) electrons. The summed E-state index contributed by atoms with van der Waals surface area (Å²) in [5.41, 5.74) is -0.981. The number of fused-ring (bicyclic) bond motifs is 3. The summed E-state index contributed by atoms with van der Waals surface area (Å²) < 4.78 is 11.5. The van der Waals surface area contributed by atoms with Crippen LogP contribution in [0.15, 0.2) is 0 Å². The van der Waals surface area contributed by atoms with Gasteiger partial charge in [0.25, 0.3) is 0 Å². The van der Waals surface area contributed by atoms with Crippen molar-refractivity contribution < 1.29 is 19.4 Å². The standard InChI is InChI=1S/C15H26O4/c1-5-18-15-7-6-10(12(16)9-15)8-11(15)13(17)19-14(2,3)4/h10-12,16H,5-9H2,1-4H3/t10-,11+,12?,15+/m1/s1. The highest BCUT2D eigenvalue weighted by Crippen LogP contribution is 2.50. The lowest BCUT2D eigenvalue weighted by atomic mass is 9.60. The van der Waals surface area contributed by atoms with Gasteiger partial charge in [-0.1, -0.05) is 0 Å². The molecule has 4 atom stereocenters. The molecule has 0 aromatic rings. The number of rotatable bonds is 3. The van der Waals surface area contributed by atoms with E-state index < -0.39 is 11.2 Å². The Bertz CT molecular complexity index is 343. The Morgan fingerprint density at radius 2 is 2.11 bits per heavy atom. The van der Waals surface area contributed by atoms with E-state index in [1.54, 1.807) is 0 Å². The van der Waals surface area contributed by atoms with Crippen LogP contribution in [0.3, 0.4) is 0 Å². The fourth-order valence-electron chi connectivity index (χ4n) is 3.56. The van der Waals surface area contributed by atoms with Gasteiger partial charge in [0, 0.05) is 13.0 Å². The maximum absolute atomic E-state index is 12.4. The van der Waals surface area contributed by atoms with Crippen molar-refractivity contribution >= 4 is 5.97 Å². The van der Waals surface area contributed by atoms with Crippen LogP contribution in [0.5, 0.6) is 0 Å². The normalized spacial score (nSPS) is 38.3. The molecule has 0 saturated heterocycles. The molecule has 3 aliphatic rings. The molecule has 3 rings (SSSR count). The van der Waals surface area contributed by atoms with Crippen molar-refractivity contribution in [2.45, 2.75) is 70.7 Å². The van der Waals surface area contributed by atoms with E-state index in [1.165, 1.54) is 0 Å². The highest BCUT2D eigenvalue weighted by atomic mass is 16.6. The summed E-state index contributed by atoms with van der Waals surface area (Å²) in [5, 5.41) is 10.1. The van der Waals surface area contributed by atoms with Crippen LogP contribution in [-0.4, -0.2) is 35.0 Å². The van der Waals surface area contributed by atoms with Crippen LogP contribution in [0.25, 0.3) is 0 Å². The second kappa shape index (κ2) is 5.06. The molecular formula is C15H26O4. The van der Waals surface area contributed by atoms with Gasteiger partial charge in [-0.15, -0.1) is 0 Å². The summed E-state index contributed by atoms with van der Waals surface area (Å²) in [5.74, 6) is -0.175. The van der Waals surface area contributed by atoms with Crippen molar-refractivity contribution in [2.75, 3.05) is 6.61 Å². The van der Waals surface area contributed by atoms with Gasteiger partial charge in [0.1, 0.15) is 5.60 Å². The second-order valence-corrected chi connectivity index (χ2v) is 6.89. The molecule has 3 aliphatic carbocycles. The van der Waals surface area contributed by atoms with Gasteiger partial charge < -0.3 is 14.6 Å². The first-order chi connectivity index (χ1) is 8.77. The quantitative estimate of drug-likeness (QED) is 0.799. The molecule has 0 aliphatic heterocycles. The molecule has 4 heteroatoms. The molecular weight excluding hydrogens is 244 g/mol. The number of hydrogen-bond donors (Lipinski definition) is 1. The fourth-order valence-corrected chi connectivity index (χ4v) is 3.56. The number of carbonyl (C=O) groups is 1. The van der Waals surface area contributed by atoms with Gasteiger partial charge in [0.05, 0.1) is 17.6 Å². The Morgan fingerprint density at radius 3 is 2.63 bits per heavy atom. The third-order valence-electron chi connectivity index (χ3n) is 4.33. The minimum absolute atomic E-state index is 0.169. The average molecular weight is 270 g/mol. The first-order valence-electron chi connectivity index (χ1n) is 7.32. The molecule has 19 heavy (non-hydrogen) atoms. The van der Waals surface area contributed by atoms with Crippen molar-refractivity contribution in [1.82, 2.24) is 0 Å². The molecule has 0 aromatic carbocycles. The SMILES string of the molecule is CCO[C@]12CC[C@H](C[C@H]1C(=O)OC(C)(C)C)C(O)C2. The second-order valence-electron chi connectivity index (χ2n) is 6.89. The van der Waals surface area contributed by atoms with E-state index >= 15 is 0 Å². The molecule has 1 unspecified atom stereocenters. The molecule has 110 valence electrons. The van der Waals surface area contributed by atoms with E-state index in [2.05, 4.69) is 0 Å². The van der Waals surface area contributed by atoms with E-state index in [1.807, 2.05) is 27.7 Å². The number of aliphatic hydroxyl groups excluding tert-OH is 1. The van der Waals surface area contributed by atoms with Gasteiger partial charge in [-0.25, -0.2) is 0 Å². The van der Waals surface area contributed by atoms with E-state index in [4.69, 9.17) is 9.47 Å². The van der Waals surface area contributed by atoms with E-state index in [0.717, 1.165) is 12.8 Å². The van der Waals surface area contributed by atoms with Gasteiger partial charge in [-0.05, 0) is 52.9 Å². The topological polar surface area (TPSA) is 55.8 Å². The van der Waals surface area contributed by atoms with Crippen molar-refractivity contribution in [1.29, 1.82) is 0 Å². The summed E-state index contributed by atoms with van der Waals surface area (Å²) in [6, 6.07) is 0. The Balaban J connectivity index is 2.17. The van der Waals surface area contributed by atoms with Crippen molar-refractivity contribution in [2.24, 2.45) is 11.8 Å². The molecule has 0 aromatic heterocycles. The van der Waals surface area contributed by atoms with E-state index in [-0.39, 0.29) is 23.9 Å². The lowest BCUT2D eigenvalue weighted by molar-refractivity contribution is -0.207. The predicted octanol–water partition coefficient (Wildman–Crippen LogP) is 2.28. The lowest BCUT2D eigenvalue weighted by Gasteiger charge is -2.52. The molecule has 0 spiro atoms. The maximum atomic E-state index is 12.4. The Kier molecular flexibility index (Phi) is 3.94. The van der Waals surface area contributed by atoms with Crippen LogP contribution >= 0.6 is 0 Å². The third kappa shape index (κ3) is 2.95.